The van der Waals surface area contributed by atoms with E-state index in [1.807, 2.05) is 0 Å². The van der Waals surface area contributed by atoms with Gasteiger partial charge in [-0.15, -0.1) is 0 Å². The molecule has 3 aliphatic heterocycles. The topological polar surface area (TPSA) is 64.4 Å². The minimum absolute atomic E-state index is 0.114. The number of carbonyl (C=O) groups excluding carboxylic acids is 2. The highest BCUT2D eigenvalue weighted by atomic mass is 35.5. The molecule has 8 heteroatoms. The second-order valence-electron chi connectivity index (χ2n) is 6.93. The predicted molar refractivity (Wildman–Crippen MR) is 90.1 cm³/mol. The van der Waals surface area contributed by atoms with Crippen molar-refractivity contribution in [3.63, 3.8) is 0 Å². The number of aromatic nitrogens is 2. The Morgan fingerprint density at radius 3 is 2.50 bits per heavy atom. The third-order valence-electron chi connectivity index (χ3n) is 5.52. The minimum Gasteiger partial charge on any atom is -0.373 e. The Labute approximate surface area is 153 Å². The third-order valence-corrected chi connectivity index (χ3v) is 5.88. The molecule has 0 aliphatic carbocycles. The number of ether oxygens (including phenoxy) is 1. The smallest absolute Gasteiger partial charge is 0.241 e. The maximum atomic E-state index is 14.0. The van der Waals surface area contributed by atoms with Gasteiger partial charge in [-0.25, -0.2) is 9.29 Å². The second-order valence-corrected chi connectivity index (χ2v) is 7.33. The van der Waals surface area contributed by atoms with Crippen LogP contribution in [0.1, 0.15) is 18.4 Å². The van der Waals surface area contributed by atoms with Crippen LogP contribution < -0.4 is 4.90 Å². The maximum absolute atomic E-state index is 14.0. The first kappa shape index (κ1) is 16.0. The predicted octanol–water partition coefficient (Wildman–Crippen LogP) is 2.39. The highest BCUT2D eigenvalue weighted by Gasteiger charge is 2.63. The van der Waals surface area contributed by atoms with Gasteiger partial charge in [0.2, 0.25) is 11.8 Å². The molecule has 0 unspecified atom stereocenters. The monoisotopic (exact) mass is 375 g/mol. The lowest BCUT2D eigenvalue weighted by Crippen LogP contribution is -2.34. The van der Waals surface area contributed by atoms with Crippen molar-refractivity contribution in [3.05, 3.63) is 46.9 Å². The number of benzene rings is 1. The average molecular weight is 376 g/mol. The third kappa shape index (κ3) is 2.17. The van der Waals surface area contributed by atoms with Gasteiger partial charge in [-0.05, 0) is 25.0 Å². The number of amides is 2. The molecule has 0 radical (unpaired) electrons. The van der Waals surface area contributed by atoms with E-state index in [1.54, 1.807) is 18.3 Å². The number of rotatable bonds is 3. The lowest BCUT2D eigenvalue weighted by atomic mass is 9.81. The largest absolute Gasteiger partial charge is 0.373 e. The highest BCUT2D eigenvalue weighted by Crippen LogP contribution is 2.49. The maximum Gasteiger partial charge on any atom is 0.241 e. The van der Waals surface area contributed by atoms with Crippen molar-refractivity contribution >= 4 is 29.2 Å². The fourth-order valence-corrected chi connectivity index (χ4v) is 4.56. The first-order valence-corrected chi connectivity index (χ1v) is 8.92. The molecule has 2 bridgehead atoms. The van der Waals surface area contributed by atoms with E-state index in [-0.39, 0.29) is 36.4 Å². The summed E-state index contributed by atoms with van der Waals surface area (Å²) in [4.78, 5) is 26.7. The van der Waals surface area contributed by atoms with Crippen molar-refractivity contribution in [2.24, 2.45) is 11.8 Å². The van der Waals surface area contributed by atoms with Gasteiger partial charge in [-0.1, -0.05) is 17.7 Å². The summed E-state index contributed by atoms with van der Waals surface area (Å²) in [6.45, 7) is 0.114. The Morgan fingerprint density at radius 2 is 1.85 bits per heavy atom. The zero-order chi connectivity index (χ0) is 18.0. The van der Waals surface area contributed by atoms with Crippen molar-refractivity contribution in [1.29, 1.82) is 0 Å². The van der Waals surface area contributed by atoms with Gasteiger partial charge in [-0.2, -0.15) is 5.10 Å². The SMILES string of the molecule is O=C1[C@H]2[C@H](C(=O)N1c1ccn(Cc3c(F)cccc3Cl)n1)[C@H]1CC[C@H]2O1. The lowest BCUT2D eigenvalue weighted by molar-refractivity contribution is -0.124. The van der Waals surface area contributed by atoms with E-state index in [0.29, 0.717) is 10.6 Å². The molecule has 134 valence electrons. The molecule has 3 fully saturated rings. The first-order chi connectivity index (χ1) is 12.5. The lowest BCUT2D eigenvalue weighted by Gasteiger charge is -2.15. The summed E-state index contributed by atoms with van der Waals surface area (Å²) >= 11 is 6.05. The number of anilines is 1. The molecular formula is C18H15ClFN3O3. The van der Waals surface area contributed by atoms with Crippen LogP contribution in [0.25, 0.3) is 0 Å². The zero-order valence-corrected chi connectivity index (χ0v) is 14.4. The van der Waals surface area contributed by atoms with E-state index in [1.165, 1.54) is 16.8 Å². The van der Waals surface area contributed by atoms with Crippen LogP contribution in [0.3, 0.4) is 0 Å². The molecule has 4 atom stereocenters. The molecule has 5 rings (SSSR count). The quantitative estimate of drug-likeness (QED) is 0.773. The standard InChI is InChI=1S/C18H15ClFN3O3/c19-10-2-1-3-11(20)9(10)8-22-7-6-14(21-22)23-17(24)15-12-4-5-13(26-12)16(15)18(23)25/h1-3,6-7,12-13,15-16H,4-5,8H2/t12-,13-,15-,16-/m1/s1. The van der Waals surface area contributed by atoms with E-state index in [2.05, 4.69) is 5.10 Å². The summed E-state index contributed by atoms with van der Waals surface area (Å²) in [5.41, 5.74) is 0.311. The van der Waals surface area contributed by atoms with Gasteiger partial charge in [0.25, 0.3) is 0 Å². The summed E-state index contributed by atoms with van der Waals surface area (Å²) in [7, 11) is 0. The summed E-state index contributed by atoms with van der Waals surface area (Å²) in [6, 6.07) is 6.06. The molecule has 0 N–H and O–H groups in total. The Bertz CT molecular complexity index is 882. The number of hydrogen-bond donors (Lipinski definition) is 0. The van der Waals surface area contributed by atoms with Gasteiger partial charge in [0.1, 0.15) is 5.82 Å². The Balaban J connectivity index is 1.42. The van der Waals surface area contributed by atoms with Gasteiger partial charge in [0.15, 0.2) is 5.82 Å². The van der Waals surface area contributed by atoms with Crippen molar-refractivity contribution in [2.45, 2.75) is 31.6 Å². The van der Waals surface area contributed by atoms with Crippen LogP contribution in [-0.2, 0) is 20.9 Å². The number of imide groups is 1. The molecule has 4 heterocycles. The minimum atomic E-state index is -0.425. The van der Waals surface area contributed by atoms with Gasteiger partial charge in [0, 0.05) is 22.8 Å². The summed E-state index contributed by atoms with van der Waals surface area (Å²) in [6.07, 6.45) is 2.92. The van der Waals surface area contributed by atoms with Gasteiger partial charge in [0.05, 0.1) is 30.6 Å². The van der Waals surface area contributed by atoms with Crippen molar-refractivity contribution < 1.29 is 18.7 Å². The molecular weight excluding hydrogens is 361 g/mol. The Morgan fingerprint density at radius 1 is 1.15 bits per heavy atom. The molecule has 2 amide bonds. The van der Waals surface area contributed by atoms with E-state index in [4.69, 9.17) is 16.3 Å². The van der Waals surface area contributed by atoms with Crippen LogP contribution >= 0.6 is 11.6 Å². The van der Waals surface area contributed by atoms with Crippen LogP contribution in [-0.4, -0.2) is 33.8 Å². The molecule has 3 saturated heterocycles. The Kier molecular flexibility index (Phi) is 3.45. The summed E-state index contributed by atoms with van der Waals surface area (Å²) < 4.78 is 21.2. The molecule has 1 aromatic carbocycles. The van der Waals surface area contributed by atoms with Crippen LogP contribution in [0.15, 0.2) is 30.5 Å². The fourth-order valence-electron chi connectivity index (χ4n) is 4.34. The molecule has 1 aromatic heterocycles. The Hall–Kier alpha value is -2.25. The zero-order valence-electron chi connectivity index (χ0n) is 13.6. The molecule has 6 nitrogen and oxygen atoms in total. The summed E-state index contributed by atoms with van der Waals surface area (Å²) in [5, 5.41) is 4.61. The van der Waals surface area contributed by atoms with E-state index < -0.39 is 17.7 Å². The average Bonchev–Trinajstić information content (AvgIpc) is 3.36. The molecule has 26 heavy (non-hydrogen) atoms. The number of nitrogens with zero attached hydrogens (tertiary/aromatic N) is 3. The second kappa shape index (κ2) is 5.62. The van der Waals surface area contributed by atoms with Crippen molar-refractivity contribution in [3.8, 4) is 0 Å². The van der Waals surface area contributed by atoms with Crippen molar-refractivity contribution in [1.82, 2.24) is 9.78 Å². The van der Waals surface area contributed by atoms with Gasteiger partial charge >= 0.3 is 0 Å². The fraction of sp³-hybridized carbons (Fsp3) is 0.389. The van der Waals surface area contributed by atoms with E-state index in [0.717, 1.165) is 17.7 Å². The molecule has 0 saturated carbocycles. The van der Waals surface area contributed by atoms with Gasteiger partial charge < -0.3 is 4.74 Å². The number of halogens is 2. The van der Waals surface area contributed by atoms with Crippen LogP contribution in [0.2, 0.25) is 5.02 Å². The molecule has 3 aliphatic rings. The van der Waals surface area contributed by atoms with Crippen molar-refractivity contribution in [2.75, 3.05) is 4.90 Å². The van der Waals surface area contributed by atoms with Crippen LogP contribution in [0.5, 0.6) is 0 Å². The normalized spacial score (nSPS) is 29.7. The molecule has 2 aromatic rings. The number of fused-ring (bicyclic) bond motifs is 5. The highest BCUT2D eigenvalue weighted by molar-refractivity contribution is 6.31. The molecule has 0 spiro atoms. The first-order valence-electron chi connectivity index (χ1n) is 8.54. The van der Waals surface area contributed by atoms with E-state index in [9.17, 15) is 14.0 Å². The summed E-state index contributed by atoms with van der Waals surface area (Å²) in [5.74, 6) is -1.45. The van der Waals surface area contributed by atoms with Gasteiger partial charge in [-0.3, -0.25) is 14.3 Å². The van der Waals surface area contributed by atoms with E-state index >= 15 is 0 Å². The number of carbonyl (C=O) groups is 2. The number of hydrogen-bond acceptors (Lipinski definition) is 4. The van der Waals surface area contributed by atoms with Crippen LogP contribution in [0, 0.1) is 17.7 Å². The van der Waals surface area contributed by atoms with Crippen LogP contribution in [0.4, 0.5) is 10.2 Å².